The normalized spacial score (nSPS) is 13.3. The minimum Gasteiger partial charge on any atom is -0.497 e. The molecule has 1 amide bonds. The van der Waals surface area contributed by atoms with Crippen LogP contribution in [0.3, 0.4) is 0 Å². The van der Waals surface area contributed by atoms with Gasteiger partial charge in [0, 0.05) is 11.6 Å². The maximum absolute atomic E-state index is 12.5. The molecule has 0 aliphatic heterocycles. The third-order valence-electron chi connectivity index (χ3n) is 4.07. The molecule has 3 rings (SSSR count). The number of rotatable bonds is 6. The first-order valence-corrected chi connectivity index (χ1v) is 8.59. The molecular formula is C19H16F3N5O3. The molecule has 3 aromatic rings. The summed E-state index contributed by atoms with van der Waals surface area (Å²) in [7, 11) is 1.52. The van der Waals surface area contributed by atoms with E-state index in [1.54, 1.807) is 18.2 Å². The molecule has 1 N–H and O–H groups in total. The van der Waals surface area contributed by atoms with Gasteiger partial charge in [-0.2, -0.15) is 20.3 Å². The summed E-state index contributed by atoms with van der Waals surface area (Å²) in [5, 5.41) is 20.7. The zero-order chi connectivity index (χ0) is 21.9. The number of ether oxygens (including phenoxy) is 2. The predicted molar refractivity (Wildman–Crippen MR) is 98.7 cm³/mol. The molecule has 0 saturated carbocycles. The van der Waals surface area contributed by atoms with Crippen molar-refractivity contribution in [3.63, 3.8) is 0 Å². The number of nitriles is 1. The first-order chi connectivity index (χ1) is 14.1. The van der Waals surface area contributed by atoms with Crippen LogP contribution in [0.5, 0.6) is 11.5 Å². The maximum atomic E-state index is 12.5. The number of nitrogens with one attached hydrogen (secondary N) is 1. The zero-order valence-electron chi connectivity index (χ0n) is 15.9. The van der Waals surface area contributed by atoms with Gasteiger partial charge in [-0.1, -0.05) is 0 Å². The van der Waals surface area contributed by atoms with Crippen LogP contribution >= 0.6 is 0 Å². The van der Waals surface area contributed by atoms with Crippen LogP contribution in [0.25, 0.3) is 11.0 Å². The van der Waals surface area contributed by atoms with Crippen molar-refractivity contribution in [3.8, 4) is 17.6 Å². The molecule has 0 fully saturated rings. The van der Waals surface area contributed by atoms with E-state index in [4.69, 9.17) is 4.74 Å². The van der Waals surface area contributed by atoms with Crippen LogP contribution in [-0.2, 0) is 6.54 Å². The monoisotopic (exact) mass is 419 g/mol. The summed E-state index contributed by atoms with van der Waals surface area (Å²) in [5.41, 5.74) is -0.171. The van der Waals surface area contributed by atoms with Gasteiger partial charge in [0.05, 0.1) is 19.7 Å². The van der Waals surface area contributed by atoms with E-state index in [-0.39, 0.29) is 12.1 Å². The third-order valence-corrected chi connectivity index (χ3v) is 4.07. The molecule has 8 nitrogen and oxygen atoms in total. The van der Waals surface area contributed by atoms with E-state index < -0.39 is 23.6 Å². The molecule has 0 bridgehead atoms. The van der Waals surface area contributed by atoms with Crippen molar-refractivity contribution in [1.29, 1.82) is 5.26 Å². The lowest BCUT2D eigenvalue weighted by molar-refractivity contribution is -0.274. The average Bonchev–Trinajstić information content (AvgIpc) is 3.07. The van der Waals surface area contributed by atoms with E-state index in [1.165, 1.54) is 31.0 Å². The Morgan fingerprint density at radius 1 is 1.13 bits per heavy atom. The highest BCUT2D eigenvalue weighted by atomic mass is 19.4. The molecule has 1 heterocycles. The Balaban J connectivity index is 1.73. The van der Waals surface area contributed by atoms with E-state index in [1.807, 2.05) is 6.07 Å². The molecule has 0 spiro atoms. The molecule has 156 valence electrons. The summed E-state index contributed by atoms with van der Waals surface area (Å²) in [5.74, 6) is -0.496. The molecule has 0 radical (unpaired) electrons. The molecule has 2 aromatic carbocycles. The second-order valence-electron chi connectivity index (χ2n) is 6.56. The molecule has 1 aromatic heterocycles. The number of aromatic nitrogens is 3. The Morgan fingerprint density at radius 3 is 2.37 bits per heavy atom. The Kier molecular flexibility index (Phi) is 5.51. The molecule has 0 aliphatic rings. The SMILES string of the molecule is COc1ccc2nn(CC(C)(C#N)NC(=O)c3ccc(OC(F)(F)F)cc3)nc2c1. The van der Waals surface area contributed by atoms with E-state index >= 15 is 0 Å². The van der Waals surface area contributed by atoms with Gasteiger partial charge in [0.1, 0.15) is 28.1 Å². The fraction of sp³-hybridized carbons (Fsp3) is 0.263. The average molecular weight is 419 g/mol. The highest BCUT2D eigenvalue weighted by molar-refractivity contribution is 5.95. The van der Waals surface area contributed by atoms with Crippen LogP contribution < -0.4 is 14.8 Å². The van der Waals surface area contributed by atoms with E-state index in [2.05, 4.69) is 20.3 Å². The van der Waals surface area contributed by atoms with Gasteiger partial charge in [0.25, 0.3) is 5.91 Å². The van der Waals surface area contributed by atoms with Crippen LogP contribution in [0.2, 0.25) is 0 Å². The van der Waals surface area contributed by atoms with Gasteiger partial charge in [-0.05, 0) is 43.3 Å². The van der Waals surface area contributed by atoms with E-state index in [0.29, 0.717) is 16.8 Å². The van der Waals surface area contributed by atoms with Gasteiger partial charge in [0.2, 0.25) is 0 Å². The van der Waals surface area contributed by atoms with Crippen LogP contribution in [0.1, 0.15) is 17.3 Å². The van der Waals surface area contributed by atoms with Gasteiger partial charge < -0.3 is 14.8 Å². The van der Waals surface area contributed by atoms with Gasteiger partial charge in [-0.3, -0.25) is 4.79 Å². The number of benzene rings is 2. The summed E-state index contributed by atoms with van der Waals surface area (Å²) in [6.45, 7) is 1.43. The molecule has 0 saturated heterocycles. The van der Waals surface area contributed by atoms with Crippen LogP contribution in [0, 0.1) is 11.3 Å². The van der Waals surface area contributed by atoms with Crippen LogP contribution in [0.4, 0.5) is 13.2 Å². The van der Waals surface area contributed by atoms with Gasteiger partial charge in [0.15, 0.2) is 0 Å². The highest BCUT2D eigenvalue weighted by Crippen LogP contribution is 2.23. The van der Waals surface area contributed by atoms with Crippen molar-refractivity contribution >= 4 is 16.9 Å². The standard InChI is InChI=1S/C19H16F3N5O3/c1-18(10-23,11-27-25-15-8-7-14(29-2)9-16(15)26-27)24-17(28)12-3-5-13(6-4-12)30-19(20,21)22/h3-9H,11H2,1-2H3,(H,24,28). The predicted octanol–water partition coefficient (Wildman–Crippen LogP) is 3.05. The summed E-state index contributed by atoms with van der Waals surface area (Å²) in [4.78, 5) is 13.8. The molecule has 0 aliphatic carbocycles. The number of amides is 1. The van der Waals surface area contributed by atoms with Gasteiger partial charge >= 0.3 is 6.36 Å². The summed E-state index contributed by atoms with van der Waals surface area (Å²) in [6.07, 6.45) is -4.83. The number of halogens is 3. The summed E-state index contributed by atoms with van der Waals surface area (Å²) < 4.78 is 45.6. The Hall–Kier alpha value is -3.81. The Bertz CT molecular complexity index is 1110. The second kappa shape index (κ2) is 7.90. The van der Waals surface area contributed by atoms with Crippen LogP contribution in [0.15, 0.2) is 42.5 Å². The first kappa shape index (κ1) is 20.9. The number of hydrogen-bond acceptors (Lipinski definition) is 6. The summed E-state index contributed by atoms with van der Waals surface area (Å²) in [6, 6.07) is 11.5. The number of nitrogens with zero attached hydrogens (tertiary/aromatic N) is 4. The largest absolute Gasteiger partial charge is 0.573 e. The summed E-state index contributed by atoms with van der Waals surface area (Å²) >= 11 is 0. The van der Waals surface area contributed by atoms with Gasteiger partial charge in [-0.25, -0.2) is 0 Å². The Labute approximate surface area is 168 Å². The molecule has 30 heavy (non-hydrogen) atoms. The number of fused-ring (bicyclic) bond motifs is 1. The Morgan fingerprint density at radius 2 is 1.77 bits per heavy atom. The minimum absolute atomic E-state index is 0.0541. The van der Waals surface area contributed by atoms with Crippen molar-refractivity contribution in [1.82, 2.24) is 20.3 Å². The molecule has 11 heteroatoms. The van der Waals surface area contributed by atoms with Crippen molar-refractivity contribution in [3.05, 3.63) is 48.0 Å². The quantitative estimate of drug-likeness (QED) is 0.659. The number of hydrogen-bond donors (Lipinski definition) is 1. The number of alkyl halides is 3. The van der Waals surface area contributed by atoms with E-state index in [9.17, 15) is 23.2 Å². The van der Waals surface area contributed by atoms with E-state index in [0.717, 1.165) is 12.1 Å². The lowest BCUT2D eigenvalue weighted by Gasteiger charge is -2.22. The lowest BCUT2D eigenvalue weighted by Crippen LogP contribution is -2.48. The van der Waals surface area contributed by atoms with Crippen molar-refractivity contribution in [2.24, 2.45) is 0 Å². The number of carbonyl (C=O) groups excluding carboxylic acids is 1. The first-order valence-electron chi connectivity index (χ1n) is 8.59. The molecular weight excluding hydrogens is 403 g/mol. The zero-order valence-corrected chi connectivity index (χ0v) is 15.9. The van der Waals surface area contributed by atoms with Crippen molar-refractivity contribution < 1.29 is 27.4 Å². The van der Waals surface area contributed by atoms with Crippen LogP contribution in [-0.4, -0.2) is 39.9 Å². The fourth-order valence-electron chi connectivity index (χ4n) is 2.65. The maximum Gasteiger partial charge on any atom is 0.573 e. The van der Waals surface area contributed by atoms with Crippen molar-refractivity contribution in [2.75, 3.05) is 7.11 Å². The van der Waals surface area contributed by atoms with Crippen molar-refractivity contribution in [2.45, 2.75) is 25.4 Å². The van der Waals surface area contributed by atoms with Gasteiger partial charge in [-0.15, -0.1) is 13.2 Å². The lowest BCUT2D eigenvalue weighted by atomic mass is 10.0. The second-order valence-corrected chi connectivity index (χ2v) is 6.56. The number of methoxy groups -OCH3 is 1. The number of carbonyl (C=O) groups is 1. The smallest absolute Gasteiger partial charge is 0.497 e. The fourth-order valence-corrected chi connectivity index (χ4v) is 2.65. The molecule has 1 atom stereocenters. The highest BCUT2D eigenvalue weighted by Gasteiger charge is 2.31. The molecule has 1 unspecified atom stereocenters. The topological polar surface area (TPSA) is 102 Å². The minimum atomic E-state index is -4.83. The third kappa shape index (κ3) is 4.96.